The minimum Gasteiger partial charge on any atom is -0.480 e. The summed E-state index contributed by atoms with van der Waals surface area (Å²) >= 11 is 0. The van der Waals surface area contributed by atoms with Crippen LogP contribution >= 0.6 is 0 Å². The third-order valence-corrected chi connectivity index (χ3v) is 8.02. The number of allylic oxidation sites excluding steroid dienone is 4. The number of hydrogen-bond donors (Lipinski definition) is 3. The average molecular weight is 621 g/mol. The van der Waals surface area contributed by atoms with E-state index < -0.39 is 12.0 Å². The Balaban J connectivity index is 4.17. The molecule has 0 rings (SSSR count). The zero-order valence-corrected chi connectivity index (χ0v) is 28.5. The Morgan fingerprint density at radius 3 is 1.82 bits per heavy atom. The lowest BCUT2D eigenvalue weighted by molar-refractivity contribution is -0.150. The number of aliphatic carboxylic acids is 1. The number of carboxylic acid groups (broad SMARTS) is 1. The molecule has 0 aliphatic carbocycles. The first-order valence-electron chi connectivity index (χ1n) is 18.2. The second-order valence-corrected chi connectivity index (χ2v) is 12.3. The van der Waals surface area contributed by atoms with Gasteiger partial charge in [-0.3, -0.25) is 9.59 Å². The van der Waals surface area contributed by atoms with Crippen molar-refractivity contribution in [2.75, 3.05) is 6.54 Å². The topological polar surface area (TPSA) is 119 Å². The molecule has 7 heteroatoms. The highest BCUT2D eigenvalue weighted by molar-refractivity contribution is 5.83. The van der Waals surface area contributed by atoms with Crippen LogP contribution in [-0.2, 0) is 19.1 Å². The van der Waals surface area contributed by atoms with Crippen LogP contribution < -0.4 is 11.1 Å². The Bertz CT molecular complexity index is 752. The fourth-order valence-corrected chi connectivity index (χ4v) is 5.23. The van der Waals surface area contributed by atoms with E-state index >= 15 is 0 Å². The van der Waals surface area contributed by atoms with Gasteiger partial charge in [0.1, 0.15) is 12.1 Å². The normalized spacial score (nSPS) is 13.0. The number of hydrogen-bond acceptors (Lipinski definition) is 5. The monoisotopic (exact) mass is 621 g/mol. The smallest absolute Gasteiger partial charge is 0.326 e. The summed E-state index contributed by atoms with van der Waals surface area (Å²) in [4.78, 5) is 36.0. The summed E-state index contributed by atoms with van der Waals surface area (Å²) < 4.78 is 5.93. The van der Waals surface area contributed by atoms with Gasteiger partial charge in [-0.15, -0.1) is 0 Å². The Labute approximate surface area is 270 Å². The van der Waals surface area contributed by atoms with Gasteiger partial charge in [-0.1, -0.05) is 109 Å². The predicted molar refractivity (Wildman–Crippen MR) is 184 cm³/mol. The van der Waals surface area contributed by atoms with E-state index in [2.05, 4.69) is 43.5 Å². The van der Waals surface area contributed by atoms with Crippen molar-refractivity contribution < 1.29 is 24.2 Å². The molecule has 0 aromatic heterocycles. The largest absolute Gasteiger partial charge is 0.480 e. The fraction of sp³-hybridized carbons (Fsp3) is 0.811. The van der Waals surface area contributed by atoms with Gasteiger partial charge in [0, 0.05) is 12.8 Å². The summed E-state index contributed by atoms with van der Waals surface area (Å²) in [6.07, 6.45) is 33.7. The molecule has 0 aromatic carbocycles. The molecule has 0 radical (unpaired) electrons. The van der Waals surface area contributed by atoms with Crippen molar-refractivity contribution in [3.05, 3.63) is 24.3 Å². The first-order valence-corrected chi connectivity index (χ1v) is 18.2. The van der Waals surface area contributed by atoms with E-state index in [4.69, 9.17) is 10.5 Å². The minimum absolute atomic E-state index is 0.0143. The fourth-order valence-electron chi connectivity index (χ4n) is 5.23. The molecule has 0 spiro atoms. The molecule has 7 nitrogen and oxygen atoms in total. The summed E-state index contributed by atoms with van der Waals surface area (Å²) in [5.41, 5.74) is 5.46. The van der Waals surface area contributed by atoms with Crippen molar-refractivity contribution in [2.45, 2.75) is 187 Å². The van der Waals surface area contributed by atoms with Crippen molar-refractivity contribution in [3.8, 4) is 0 Å². The summed E-state index contributed by atoms with van der Waals surface area (Å²) in [6.45, 7) is 4.85. The minimum atomic E-state index is -1.01. The first kappa shape index (κ1) is 41.9. The van der Waals surface area contributed by atoms with E-state index in [9.17, 15) is 19.5 Å². The molecule has 0 aromatic rings. The Hall–Kier alpha value is -2.15. The maximum absolute atomic E-state index is 12.6. The van der Waals surface area contributed by atoms with E-state index in [1.807, 2.05) is 0 Å². The van der Waals surface area contributed by atoms with Crippen molar-refractivity contribution in [1.29, 1.82) is 0 Å². The molecule has 0 heterocycles. The lowest BCUT2D eigenvalue weighted by atomic mass is 10.0. The third kappa shape index (κ3) is 28.6. The summed E-state index contributed by atoms with van der Waals surface area (Å²) in [7, 11) is 0. The Morgan fingerprint density at radius 2 is 1.20 bits per heavy atom. The molecule has 0 saturated heterocycles. The van der Waals surface area contributed by atoms with Crippen LogP contribution in [0.15, 0.2) is 24.3 Å². The number of nitrogens with one attached hydrogen (secondary N) is 1. The number of unbranched alkanes of at least 4 members (excludes halogenated alkanes) is 14. The molecule has 44 heavy (non-hydrogen) atoms. The molecule has 0 bridgehead atoms. The number of carbonyl (C=O) groups is 3. The molecule has 0 aliphatic rings. The SMILES string of the molecule is CCCC/C=C\C/C=C\CCCCCCCC(=O)OC(CCCCCCC)CCCCCCC(=O)NC(CCCN)C(=O)O. The third-order valence-electron chi connectivity index (χ3n) is 8.02. The van der Waals surface area contributed by atoms with E-state index in [-0.39, 0.29) is 18.0 Å². The van der Waals surface area contributed by atoms with Crippen LogP contribution in [0.2, 0.25) is 0 Å². The molecule has 0 saturated carbocycles. The highest BCUT2D eigenvalue weighted by Gasteiger charge is 2.19. The standard InChI is InChI=1S/C37H68N2O5/c1-3-5-7-9-10-11-12-13-14-15-16-17-19-25-31-36(41)44-33(27-22-18-8-6-4-2)28-23-20-21-24-30-35(40)39-34(37(42)43)29-26-32-38/h9-10,12-13,33-34H,3-8,11,14-32,38H2,1-2H3,(H,39,40)(H,42,43)/b10-9-,13-12-. The van der Waals surface area contributed by atoms with Crippen LogP contribution in [0.25, 0.3) is 0 Å². The average Bonchev–Trinajstić information content (AvgIpc) is 3.00. The van der Waals surface area contributed by atoms with Gasteiger partial charge in [-0.2, -0.15) is 0 Å². The molecular formula is C37H68N2O5. The van der Waals surface area contributed by atoms with Crippen LogP contribution in [0.1, 0.15) is 174 Å². The number of nitrogens with two attached hydrogens (primary N) is 1. The number of rotatable bonds is 32. The van der Waals surface area contributed by atoms with E-state index in [0.717, 1.165) is 70.6 Å². The lowest BCUT2D eigenvalue weighted by Crippen LogP contribution is -2.40. The first-order chi connectivity index (χ1) is 21.4. The van der Waals surface area contributed by atoms with Gasteiger partial charge < -0.3 is 20.9 Å². The molecular weight excluding hydrogens is 552 g/mol. The van der Waals surface area contributed by atoms with Crippen molar-refractivity contribution in [2.24, 2.45) is 5.73 Å². The van der Waals surface area contributed by atoms with Gasteiger partial charge in [-0.25, -0.2) is 4.79 Å². The summed E-state index contributed by atoms with van der Waals surface area (Å²) in [6, 6.07) is -0.862. The van der Waals surface area contributed by atoms with Gasteiger partial charge >= 0.3 is 11.9 Å². The molecule has 1 amide bonds. The number of ether oxygens (including phenoxy) is 1. The molecule has 0 fully saturated rings. The highest BCUT2D eigenvalue weighted by Crippen LogP contribution is 2.18. The van der Waals surface area contributed by atoms with Crippen LogP contribution in [-0.4, -0.2) is 41.6 Å². The summed E-state index contributed by atoms with van der Waals surface area (Å²) in [5.74, 6) is -1.29. The van der Waals surface area contributed by atoms with Gasteiger partial charge in [-0.05, 0) is 83.6 Å². The van der Waals surface area contributed by atoms with Crippen molar-refractivity contribution in [3.63, 3.8) is 0 Å². The molecule has 2 unspecified atom stereocenters. The Kier molecular flexibility index (Phi) is 30.7. The van der Waals surface area contributed by atoms with Gasteiger partial charge in [0.2, 0.25) is 5.91 Å². The van der Waals surface area contributed by atoms with E-state index in [1.54, 1.807) is 0 Å². The molecule has 0 aliphatic heterocycles. The number of carboxylic acids is 1. The maximum Gasteiger partial charge on any atom is 0.326 e. The van der Waals surface area contributed by atoms with Crippen LogP contribution in [0, 0.1) is 0 Å². The number of amides is 1. The van der Waals surface area contributed by atoms with E-state index in [0.29, 0.717) is 32.2 Å². The summed E-state index contributed by atoms with van der Waals surface area (Å²) in [5, 5.41) is 11.9. The highest BCUT2D eigenvalue weighted by atomic mass is 16.5. The van der Waals surface area contributed by atoms with Gasteiger partial charge in [0.25, 0.3) is 0 Å². The predicted octanol–water partition coefficient (Wildman–Crippen LogP) is 9.33. The number of carbonyl (C=O) groups excluding carboxylic acids is 2. The number of esters is 1. The van der Waals surface area contributed by atoms with Crippen molar-refractivity contribution >= 4 is 17.8 Å². The van der Waals surface area contributed by atoms with Gasteiger partial charge in [0.15, 0.2) is 0 Å². The Morgan fingerprint density at radius 1 is 0.659 bits per heavy atom. The molecule has 4 N–H and O–H groups in total. The quantitative estimate of drug-likeness (QED) is 0.0392. The van der Waals surface area contributed by atoms with Gasteiger partial charge in [0.05, 0.1) is 0 Å². The lowest BCUT2D eigenvalue weighted by Gasteiger charge is -2.18. The van der Waals surface area contributed by atoms with Crippen molar-refractivity contribution in [1.82, 2.24) is 5.32 Å². The maximum atomic E-state index is 12.6. The zero-order valence-electron chi connectivity index (χ0n) is 28.5. The van der Waals surface area contributed by atoms with Crippen LogP contribution in [0.4, 0.5) is 0 Å². The zero-order chi connectivity index (χ0) is 32.5. The molecule has 2 atom stereocenters. The van der Waals surface area contributed by atoms with Crippen LogP contribution in [0.5, 0.6) is 0 Å². The molecule has 256 valence electrons. The van der Waals surface area contributed by atoms with Crippen LogP contribution in [0.3, 0.4) is 0 Å². The second kappa shape index (κ2) is 32.2. The second-order valence-electron chi connectivity index (χ2n) is 12.3. The van der Waals surface area contributed by atoms with E-state index in [1.165, 1.54) is 64.2 Å².